The molecule has 0 spiro atoms. The Bertz CT molecular complexity index is 492. The van der Waals surface area contributed by atoms with E-state index in [1.807, 2.05) is 29.5 Å². The maximum absolute atomic E-state index is 12.5. The fraction of sp³-hybridized carbons (Fsp3) is 0.733. The van der Waals surface area contributed by atoms with Gasteiger partial charge in [-0.05, 0) is 52.6 Å². The molecule has 128 valence electrons. The predicted octanol–water partition coefficient (Wildman–Crippen LogP) is 2.49. The molecule has 1 aromatic heterocycles. The van der Waals surface area contributed by atoms with E-state index in [9.17, 15) is 4.79 Å². The van der Waals surface area contributed by atoms with Gasteiger partial charge in [-0.1, -0.05) is 0 Å². The number of halogens is 2. The van der Waals surface area contributed by atoms with Crippen LogP contribution in [0.2, 0.25) is 0 Å². The van der Waals surface area contributed by atoms with Crippen molar-refractivity contribution >= 4 is 30.7 Å². The Balaban J connectivity index is 0.00000220. The molecule has 2 heterocycles. The molecule has 1 fully saturated rings. The molecule has 1 saturated heterocycles. The summed E-state index contributed by atoms with van der Waals surface area (Å²) in [5, 5.41) is 4.47. The summed E-state index contributed by atoms with van der Waals surface area (Å²) in [6.07, 6.45) is 1.53. The third-order valence-corrected chi connectivity index (χ3v) is 4.25. The number of nitrogens with zero attached hydrogens (tertiary/aromatic N) is 3. The second-order valence-electron chi connectivity index (χ2n) is 6.16. The van der Waals surface area contributed by atoms with Crippen LogP contribution >= 0.6 is 24.8 Å². The maximum atomic E-state index is 12.5. The summed E-state index contributed by atoms with van der Waals surface area (Å²) >= 11 is 0. The second-order valence-corrected chi connectivity index (χ2v) is 6.16. The summed E-state index contributed by atoms with van der Waals surface area (Å²) in [5.41, 5.74) is 7.83. The molecule has 3 unspecified atom stereocenters. The van der Waals surface area contributed by atoms with E-state index >= 15 is 0 Å². The molecule has 0 saturated carbocycles. The van der Waals surface area contributed by atoms with Gasteiger partial charge < -0.3 is 10.6 Å². The van der Waals surface area contributed by atoms with Crippen LogP contribution in [-0.4, -0.2) is 39.7 Å². The molecule has 5 nitrogen and oxygen atoms in total. The molecule has 0 bridgehead atoms. The average molecular weight is 351 g/mol. The maximum Gasteiger partial charge on any atom is 0.224 e. The van der Waals surface area contributed by atoms with Crippen molar-refractivity contribution in [2.24, 2.45) is 11.7 Å². The van der Waals surface area contributed by atoms with Crippen LogP contribution in [0.15, 0.2) is 6.07 Å². The van der Waals surface area contributed by atoms with E-state index in [1.165, 1.54) is 0 Å². The first kappa shape index (κ1) is 21.2. The van der Waals surface area contributed by atoms with Gasteiger partial charge in [0.05, 0.1) is 11.7 Å². The zero-order chi connectivity index (χ0) is 14.9. The van der Waals surface area contributed by atoms with Crippen LogP contribution in [0.3, 0.4) is 0 Å². The Kier molecular flexibility index (Phi) is 8.44. The molecule has 1 aromatic rings. The number of hydrogen-bond donors (Lipinski definition) is 1. The zero-order valence-electron chi connectivity index (χ0n) is 13.8. The lowest BCUT2D eigenvalue weighted by molar-refractivity contribution is -0.132. The second kappa shape index (κ2) is 8.75. The van der Waals surface area contributed by atoms with Crippen molar-refractivity contribution in [3.63, 3.8) is 0 Å². The van der Waals surface area contributed by atoms with E-state index < -0.39 is 0 Å². The number of rotatable bonds is 4. The van der Waals surface area contributed by atoms with E-state index in [0.717, 1.165) is 24.4 Å². The standard InChI is InChI=1S/C15H26N4O.2ClH/c1-10-5-12(3)19(17-10)13(4)7-15(20)18-9-14(8-16)6-11(18)2;;/h5,11,13-14H,6-9,16H2,1-4H3;2*1H. The Morgan fingerprint density at radius 2 is 2.09 bits per heavy atom. The van der Waals surface area contributed by atoms with Crippen LogP contribution in [-0.2, 0) is 4.79 Å². The molecule has 0 aromatic carbocycles. The first-order valence-electron chi connectivity index (χ1n) is 7.44. The number of aryl methyl sites for hydroxylation is 2. The monoisotopic (exact) mass is 350 g/mol. The molecule has 1 aliphatic rings. The van der Waals surface area contributed by atoms with Crippen molar-refractivity contribution in [1.82, 2.24) is 14.7 Å². The number of likely N-dealkylation sites (tertiary alicyclic amines) is 1. The third-order valence-electron chi connectivity index (χ3n) is 4.25. The molecule has 2 N–H and O–H groups in total. The smallest absolute Gasteiger partial charge is 0.224 e. The van der Waals surface area contributed by atoms with Gasteiger partial charge in [0.25, 0.3) is 0 Å². The quantitative estimate of drug-likeness (QED) is 0.906. The zero-order valence-corrected chi connectivity index (χ0v) is 15.4. The van der Waals surface area contributed by atoms with E-state index in [1.54, 1.807) is 0 Å². The van der Waals surface area contributed by atoms with Gasteiger partial charge >= 0.3 is 0 Å². The highest BCUT2D eigenvalue weighted by Crippen LogP contribution is 2.25. The van der Waals surface area contributed by atoms with Gasteiger partial charge in [0.2, 0.25) is 5.91 Å². The summed E-state index contributed by atoms with van der Waals surface area (Å²) in [5.74, 6) is 0.673. The third kappa shape index (κ3) is 4.61. The van der Waals surface area contributed by atoms with Gasteiger partial charge in [0, 0.05) is 24.7 Å². The molecule has 7 heteroatoms. The predicted molar refractivity (Wildman–Crippen MR) is 93.9 cm³/mol. The van der Waals surface area contributed by atoms with E-state index in [0.29, 0.717) is 24.9 Å². The van der Waals surface area contributed by atoms with Gasteiger partial charge in [-0.15, -0.1) is 24.8 Å². The minimum Gasteiger partial charge on any atom is -0.340 e. The van der Waals surface area contributed by atoms with Crippen molar-refractivity contribution in [3.05, 3.63) is 17.5 Å². The SMILES string of the molecule is Cc1cc(C)n(C(C)CC(=O)N2CC(CN)CC2C)n1.Cl.Cl. The number of carbonyl (C=O) groups is 1. The van der Waals surface area contributed by atoms with Crippen molar-refractivity contribution in [3.8, 4) is 0 Å². The molecule has 2 rings (SSSR count). The average Bonchev–Trinajstić information content (AvgIpc) is 2.91. The van der Waals surface area contributed by atoms with Crippen molar-refractivity contribution < 1.29 is 4.79 Å². The highest BCUT2D eigenvalue weighted by molar-refractivity contribution is 5.85. The first-order valence-corrected chi connectivity index (χ1v) is 7.44. The van der Waals surface area contributed by atoms with Crippen LogP contribution < -0.4 is 5.73 Å². The molecular weight excluding hydrogens is 323 g/mol. The van der Waals surface area contributed by atoms with Gasteiger partial charge in [0.1, 0.15) is 0 Å². The molecule has 3 atom stereocenters. The number of nitrogens with two attached hydrogens (primary N) is 1. The number of hydrogen-bond acceptors (Lipinski definition) is 3. The fourth-order valence-electron chi connectivity index (χ4n) is 3.21. The lowest BCUT2D eigenvalue weighted by atomic mass is 10.1. The van der Waals surface area contributed by atoms with Crippen LogP contribution in [0, 0.1) is 19.8 Å². The van der Waals surface area contributed by atoms with E-state index in [-0.39, 0.29) is 36.8 Å². The fourth-order valence-corrected chi connectivity index (χ4v) is 3.21. The normalized spacial score (nSPS) is 22.0. The van der Waals surface area contributed by atoms with Crippen LogP contribution in [0.5, 0.6) is 0 Å². The van der Waals surface area contributed by atoms with E-state index in [4.69, 9.17) is 5.73 Å². The van der Waals surface area contributed by atoms with Gasteiger partial charge in [-0.25, -0.2) is 0 Å². The van der Waals surface area contributed by atoms with Crippen molar-refractivity contribution in [2.45, 2.75) is 52.6 Å². The van der Waals surface area contributed by atoms with Crippen LogP contribution in [0.4, 0.5) is 0 Å². The summed E-state index contributed by atoms with van der Waals surface area (Å²) < 4.78 is 1.95. The number of amides is 1. The van der Waals surface area contributed by atoms with Gasteiger partial charge in [-0.2, -0.15) is 5.10 Å². The minimum atomic E-state index is 0. The summed E-state index contributed by atoms with van der Waals surface area (Å²) in [7, 11) is 0. The van der Waals surface area contributed by atoms with Crippen LogP contribution in [0.25, 0.3) is 0 Å². The Labute approximate surface area is 145 Å². The molecule has 0 radical (unpaired) electrons. The highest BCUT2D eigenvalue weighted by atomic mass is 35.5. The minimum absolute atomic E-state index is 0. The van der Waals surface area contributed by atoms with Crippen molar-refractivity contribution in [1.29, 1.82) is 0 Å². The Morgan fingerprint density at radius 3 is 2.55 bits per heavy atom. The van der Waals surface area contributed by atoms with E-state index in [2.05, 4.69) is 18.9 Å². The van der Waals surface area contributed by atoms with Crippen molar-refractivity contribution in [2.75, 3.05) is 13.1 Å². The topological polar surface area (TPSA) is 64.2 Å². The highest BCUT2D eigenvalue weighted by Gasteiger charge is 2.32. The lowest BCUT2D eigenvalue weighted by Crippen LogP contribution is -2.35. The van der Waals surface area contributed by atoms with Gasteiger partial charge in [-0.3, -0.25) is 9.48 Å². The Hall–Kier alpha value is -0.780. The molecule has 22 heavy (non-hydrogen) atoms. The Morgan fingerprint density at radius 1 is 1.45 bits per heavy atom. The lowest BCUT2D eigenvalue weighted by Gasteiger charge is -2.24. The number of aromatic nitrogens is 2. The number of carbonyl (C=O) groups excluding carboxylic acids is 1. The van der Waals surface area contributed by atoms with Gasteiger partial charge in [0.15, 0.2) is 0 Å². The molecule has 1 amide bonds. The molecule has 0 aliphatic carbocycles. The van der Waals surface area contributed by atoms with Crippen LogP contribution in [0.1, 0.15) is 44.1 Å². The summed E-state index contributed by atoms with van der Waals surface area (Å²) in [6, 6.07) is 2.45. The summed E-state index contributed by atoms with van der Waals surface area (Å²) in [6.45, 7) is 9.65. The summed E-state index contributed by atoms with van der Waals surface area (Å²) in [4.78, 5) is 14.4. The first-order chi connectivity index (χ1) is 9.42. The molecule has 1 aliphatic heterocycles. The largest absolute Gasteiger partial charge is 0.340 e. The molecular formula is C15H28Cl2N4O.